The van der Waals surface area contributed by atoms with Gasteiger partial charge in [0.2, 0.25) is 0 Å². The van der Waals surface area contributed by atoms with Gasteiger partial charge < -0.3 is 5.32 Å². The summed E-state index contributed by atoms with van der Waals surface area (Å²) in [6.45, 7) is 6.89. The molecule has 0 saturated carbocycles. The van der Waals surface area contributed by atoms with Gasteiger partial charge in [-0.2, -0.15) is 5.10 Å². The summed E-state index contributed by atoms with van der Waals surface area (Å²) in [5.41, 5.74) is 4.85. The first-order valence-corrected chi connectivity index (χ1v) is 7.70. The van der Waals surface area contributed by atoms with E-state index in [0.29, 0.717) is 5.88 Å². The molecule has 3 nitrogen and oxygen atoms in total. The van der Waals surface area contributed by atoms with Gasteiger partial charge in [-0.25, -0.2) is 0 Å². The Morgan fingerprint density at radius 3 is 2.40 bits per heavy atom. The van der Waals surface area contributed by atoms with E-state index in [1.807, 2.05) is 0 Å². The fourth-order valence-corrected chi connectivity index (χ4v) is 2.36. The third-order valence-electron chi connectivity index (χ3n) is 3.39. The van der Waals surface area contributed by atoms with Crippen LogP contribution >= 0.6 is 11.6 Å². The van der Waals surface area contributed by atoms with E-state index in [2.05, 4.69) is 59.3 Å². The lowest BCUT2D eigenvalue weighted by Crippen LogP contribution is -2.16. The normalized spacial score (nSPS) is 10.9. The van der Waals surface area contributed by atoms with Crippen LogP contribution in [0.5, 0.6) is 0 Å². The van der Waals surface area contributed by atoms with Crippen LogP contribution in [0.25, 0.3) is 0 Å². The maximum absolute atomic E-state index is 5.79. The Balaban J connectivity index is 1.90. The van der Waals surface area contributed by atoms with Crippen molar-refractivity contribution in [3.63, 3.8) is 0 Å². The molecule has 1 heterocycles. The van der Waals surface area contributed by atoms with Crippen LogP contribution in [0.1, 0.15) is 36.4 Å². The van der Waals surface area contributed by atoms with Crippen LogP contribution in [0.2, 0.25) is 0 Å². The topological polar surface area (TPSA) is 29.9 Å². The van der Waals surface area contributed by atoms with Crippen LogP contribution in [-0.4, -0.2) is 9.78 Å². The molecular weight excluding hydrogens is 270 g/mol. The Kier molecular flexibility index (Phi) is 5.62. The van der Waals surface area contributed by atoms with E-state index in [1.165, 1.54) is 11.3 Å². The van der Waals surface area contributed by atoms with Crippen molar-refractivity contribution < 1.29 is 0 Å². The van der Waals surface area contributed by atoms with Gasteiger partial charge >= 0.3 is 0 Å². The lowest BCUT2D eigenvalue weighted by atomic mass is 10.1. The van der Waals surface area contributed by atoms with Crippen LogP contribution in [0, 0.1) is 0 Å². The highest BCUT2D eigenvalue weighted by Crippen LogP contribution is 2.08. The van der Waals surface area contributed by atoms with Gasteiger partial charge in [-0.3, -0.25) is 4.68 Å². The summed E-state index contributed by atoms with van der Waals surface area (Å²) < 4.78 is 2.07. The molecule has 108 valence electrons. The average molecular weight is 292 g/mol. The Bertz CT molecular complexity index is 531. The molecule has 0 amide bonds. The lowest BCUT2D eigenvalue weighted by molar-refractivity contribution is 0.577. The summed E-state index contributed by atoms with van der Waals surface area (Å²) in [6, 6.07) is 10.6. The zero-order chi connectivity index (χ0) is 14.4. The van der Waals surface area contributed by atoms with Crippen molar-refractivity contribution in [2.24, 2.45) is 0 Å². The van der Waals surface area contributed by atoms with Crippen molar-refractivity contribution in [3.8, 4) is 0 Å². The maximum atomic E-state index is 5.79. The molecule has 0 atom stereocenters. The van der Waals surface area contributed by atoms with Gasteiger partial charge in [-0.1, -0.05) is 31.2 Å². The zero-order valence-electron chi connectivity index (χ0n) is 12.2. The minimum absolute atomic E-state index is 0.573. The van der Waals surface area contributed by atoms with E-state index in [1.54, 1.807) is 0 Å². The molecule has 4 heteroatoms. The predicted molar refractivity (Wildman–Crippen MR) is 83.8 cm³/mol. The molecule has 0 aliphatic carbocycles. The Morgan fingerprint density at radius 1 is 1.10 bits per heavy atom. The SMILES string of the molecule is CCc1cc(CNCc2ccc(CCl)cc2)n(CC)n1. The van der Waals surface area contributed by atoms with E-state index < -0.39 is 0 Å². The number of nitrogens with one attached hydrogen (secondary N) is 1. The highest BCUT2D eigenvalue weighted by atomic mass is 35.5. The van der Waals surface area contributed by atoms with E-state index in [-0.39, 0.29) is 0 Å². The molecule has 0 bridgehead atoms. The largest absolute Gasteiger partial charge is 0.307 e. The summed E-state index contributed by atoms with van der Waals surface area (Å²) >= 11 is 5.79. The highest BCUT2D eigenvalue weighted by Gasteiger charge is 2.05. The minimum atomic E-state index is 0.573. The molecule has 2 aromatic rings. The van der Waals surface area contributed by atoms with E-state index >= 15 is 0 Å². The number of aromatic nitrogens is 2. The molecule has 0 fully saturated rings. The summed E-state index contributed by atoms with van der Waals surface area (Å²) in [5.74, 6) is 0.573. The number of alkyl halides is 1. The average Bonchev–Trinajstić information content (AvgIpc) is 2.90. The standard InChI is InChI=1S/C16H22ClN3/c1-3-15-9-16(20(4-2)19-15)12-18-11-14-7-5-13(10-17)6-8-14/h5-9,18H,3-4,10-12H2,1-2H3. The van der Waals surface area contributed by atoms with Crippen LogP contribution < -0.4 is 5.32 Å². The molecule has 0 aliphatic heterocycles. The number of hydrogen-bond donors (Lipinski definition) is 1. The second-order valence-electron chi connectivity index (χ2n) is 4.85. The van der Waals surface area contributed by atoms with Gasteiger partial charge in [0.25, 0.3) is 0 Å². The number of halogens is 1. The zero-order valence-corrected chi connectivity index (χ0v) is 13.0. The van der Waals surface area contributed by atoms with Gasteiger partial charge in [0.15, 0.2) is 0 Å². The molecular formula is C16H22ClN3. The Morgan fingerprint density at radius 2 is 1.80 bits per heavy atom. The number of benzene rings is 1. The fourth-order valence-electron chi connectivity index (χ4n) is 2.18. The van der Waals surface area contributed by atoms with E-state index in [0.717, 1.165) is 37.3 Å². The van der Waals surface area contributed by atoms with E-state index in [4.69, 9.17) is 11.6 Å². The molecule has 0 radical (unpaired) electrons. The smallest absolute Gasteiger partial charge is 0.0625 e. The molecule has 1 aromatic heterocycles. The van der Waals surface area contributed by atoms with Gasteiger partial charge in [-0.15, -0.1) is 11.6 Å². The van der Waals surface area contributed by atoms with Gasteiger partial charge in [0.1, 0.15) is 0 Å². The lowest BCUT2D eigenvalue weighted by Gasteiger charge is -2.07. The third-order valence-corrected chi connectivity index (χ3v) is 3.70. The Hall–Kier alpha value is -1.32. The van der Waals surface area contributed by atoms with Crippen molar-refractivity contribution in [2.75, 3.05) is 0 Å². The summed E-state index contributed by atoms with van der Waals surface area (Å²) in [7, 11) is 0. The second-order valence-corrected chi connectivity index (χ2v) is 5.12. The van der Waals surface area contributed by atoms with Crippen molar-refractivity contribution in [1.82, 2.24) is 15.1 Å². The molecule has 0 saturated heterocycles. The van der Waals surface area contributed by atoms with Crippen molar-refractivity contribution in [2.45, 2.75) is 45.8 Å². The predicted octanol–water partition coefficient (Wildman–Crippen LogP) is 3.49. The summed E-state index contributed by atoms with van der Waals surface area (Å²) in [5, 5.41) is 8.03. The van der Waals surface area contributed by atoms with Crippen LogP contribution in [-0.2, 0) is 31.9 Å². The number of aryl methyl sites for hydroxylation is 2. The fraction of sp³-hybridized carbons (Fsp3) is 0.438. The van der Waals surface area contributed by atoms with Gasteiger partial charge in [0.05, 0.1) is 11.4 Å². The molecule has 0 unspecified atom stereocenters. The first kappa shape index (κ1) is 15.1. The minimum Gasteiger partial charge on any atom is -0.307 e. The van der Waals surface area contributed by atoms with Crippen molar-refractivity contribution >= 4 is 11.6 Å². The summed E-state index contributed by atoms with van der Waals surface area (Å²) in [4.78, 5) is 0. The third kappa shape index (κ3) is 3.84. The number of rotatable bonds is 7. The maximum Gasteiger partial charge on any atom is 0.0625 e. The van der Waals surface area contributed by atoms with Crippen LogP contribution in [0.15, 0.2) is 30.3 Å². The van der Waals surface area contributed by atoms with Gasteiger partial charge in [0, 0.05) is 25.5 Å². The highest BCUT2D eigenvalue weighted by molar-refractivity contribution is 6.17. The molecule has 1 N–H and O–H groups in total. The molecule has 0 spiro atoms. The van der Waals surface area contributed by atoms with Gasteiger partial charge in [-0.05, 0) is 30.5 Å². The molecule has 0 aliphatic rings. The van der Waals surface area contributed by atoms with Crippen molar-refractivity contribution in [3.05, 3.63) is 52.8 Å². The van der Waals surface area contributed by atoms with Crippen LogP contribution in [0.3, 0.4) is 0 Å². The molecule has 2 rings (SSSR count). The monoisotopic (exact) mass is 291 g/mol. The molecule has 1 aromatic carbocycles. The molecule has 20 heavy (non-hydrogen) atoms. The number of nitrogens with zero attached hydrogens (tertiary/aromatic N) is 2. The quantitative estimate of drug-likeness (QED) is 0.791. The Labute approximate surface area is 126 Å². The first-order valence-electron chi connectivity index (χ1n) is 7.16. The van der Waals surface area contributed by atoms with Crippen LogP contribution in [0.4, 0.5) is 0 Å². The van der Waals surface area contributed by atoms with E-state index in [9.17, 15) is 0 Å². The second kappa shape index (κ2) is 7.46. The van der Waals surface area contributed by atoms with Crippen molar-refractivity contribution in [1.29, 1.82) is 0 Å². The summed E-state index contributed by atoms with van der Waals surface area (Å²) in [6.07, 6.45) is 0.986. The first-order chi connectivity index (χ1) is 9.76. The number of hydrogen-bond acceptors (Lipinski definition) is 2.